The van der Waals surface area contributed by atoms with Crippen molar-refractivity contribution in [3.05, 3.63) is 34.4 Å². The maximum atomic E-state index is 10.6. The lowest BCUT2D eigenvalue weighted by molar-refractivity contribution is -0.384. The normalized spacial score (nSPS) is 19.6. The van der Waals surface area contributed by atoms with Crippen molar-refractivity contribution in [1.29, 1.82) is 0 Å². The van der Waals surface area contributed by atoms with Gasteiger partial charge in [-0.25, -0.2) is 0 Å². The van der Waals surface area contributed by atoms with Crippen LogP contribution in [0.25, 0.3) is 0 Å². The maximum Gasteiger partial charge on any atom is 0.269 e. The summed E-state index contributed by atoms with van der Waals surface area (Å²) in [6.45, 7) is 1.70. The highest BCUT2D eigenvalue weighted by Crippen LogP contribution is 2.27. The van der Waals surface area contributed by atoms with Crippen molar-refractivity contribution in [2.45, 2.75) is 18.9 Å². The Morgan fingerprint density at radius 1 is 1.47 bits per heavy atom. The molecule has 1 fully saturated rings. The smallest absolute Gasteiger partial charge is 0.269 e. The van der Waals surface area contributed by atoms with Gasteiger partial charge in [0.2, 0.25) is 0 Å². The van der Waals surface area contributed by atoms with E-state index in [1.807, 2.05) is 12.1 Å². The molecule has 5 nitrogen and oxygen atoms in total. The first kappa shape index (κ1) is 11.9. The third kappa shape index (κ3) is 2.55. The van der Waals surface area contributed by atoms with Crippen LogP contribution in [0.1, 0.15) is 12.8 Å². The first-order valence-electron chi connectivity index (χ1n) is 5.72. The van der Waals surface area contributed by atoms with Gasteiger partial charge in [0.05, 0.1) is 17.6 Å². The molecule has 2 rings (SSSR count). The van der Waals surface area contributed by atoms with E-state index in [9.17, 15) is 10.1 Å². The molecule has 1 aliphatic rings. The summed E-state index contributed by atoms with van der Waals surface area (Å²) in [5, 5.41) is 10.6. The number of non-ortho nitro benzene ring substituents is 1. The third-order valence-corrected chi connectivity index (χ3v) is 3.13. The van der Waals surface area contributed by atoms with Crippen molar-refractivity contribution in [3.63, 3.8) is 0 Å². The fourth-order valence-corrected chi connectivity index (χ4v) is 2.31. The molecule has 5 heteroatoms. The number of rotatable bonds is 4. The van der Waals surface area contributed by atoms with Crippen LogP contribution in [0, 0.1) is 10.1 Å². The molecule has 0 bridgehead atoms. The molecule has 0 unspecified atom stereocenters. The Bertz CT molecular complexity index is 391. The average Bonchev–Trinajstić information content (AvgIpc) is 2.78. The summed E-state index contributed by atoms with van der Waals surface area (Å²) in [7, 11) is 1.70. The minimum Gasteiger partial charge on any atom is -0.383 e. The first-order chi connectivity index (χ1) is 8.22. The first-order valence-corrected chi connectivity index (χ1v) is 5.72. The number of hydrogen-bond acceptors (Lipinski definition) is 4. The zero-order valence-corrected chi connectivity index (χ0v) is 9.83. The predicted octanol–water partition coefficient (Wildman–Crippen LogP) is 2.21. The van der Waals surface area contributed by atoms with Crippen molar-refractivity contribution < 1.29 is 9.66 Å². The quantitative estimate of drug-likeness (QED) is 0.594. The topological polar surface area (TPSA) is 55.6 Å². The van der Waals surface area contributed by atoms with Crippen molar-refractivity contribution >= 4 is 11.4 Å². The predicted molar refractivity (Wildman–Crippen MR) is 65.3 cm³/mol. The number of nitrogens with zero attached hydrogens (tertiary/aromatic N) is 2. The fraction of sp³-hybridized carbons (Fsp3) is 0.500. The Kier molecular flexibility index (Phi) is 3.58. The van der Waals surface area contributed by atoms with Crippen LogP contribution >= 0.6 is 0 Å². The van der Waals surface area contributed by atoms with Gasteiger partial charge in [-0.15, -0.1) is 0 Å². The highest BCUT2D eigenvalue weighted by atomic mass is 16.6. The summed E-state index contributed by atoms with van der Waals surface area (Å²) in [6.07, 6.45) is 2.26. The summed E-state index contributed by atoms with van der Waals surface area (Å²) in [6, 6.07) is 7.12. The van der Waals surface area contributed by atoms with Crippen LogP contribution in [0.15, 0.2) is 24.3 Å². The van der Waals surface area contributed by atoms with Gasteiger partial charge in [0.15, 0.2) is 0 Å². The molecular weight excluding hydrogens is 220 g/mol. The molecule has 1 aromatic rings. The van der Waals surface area contributed by atoms with Gasteiger partial charge in [-0.1, -0.05) is 0 Å². The lowest BCUT2D eigenvalue weighted by Crippen LogP contribution is -2.32. The SMILES string of the molecule is COC[C@H]1CCCN1c1ccc([N+](=O)[O-])cc1. The number of benzene rings is 1. The number of nitro benzene ring substituents is 1. The third-order valence-electron chi connectivity index (χ3n) is 3.13. The van der Waals surface area contributed by atoms with Crippen molar-refractivity contribution in [1.82, 2.24) is 0 Å². The van der Waals surface area contributed by atoms with Gasteiger partial charge in [-0.2, -0.15) is 0 Å². The maximum absolute atomic E-state index is 10.6. The van der Waals surface area contributed by atoms with Crippen molar-refractivity contribution in [2.75, 3.05) is 25.2 Å². The molecule has 1 aliphatic heterocycles. The second-order valence-electron chi connectivity index (χ2n) is 4.22. The van der Waals surface area contributed by atoms with Crippen LogP contribution in [0.2, 0.25) is 0 Å². The lowest BCUT2D eigenvalue weighted by atomic mass is 10.2. The van der Waals surface area contributed by atoms with Gasteiger partial charge in [-0.3, -0.25) is 10.1 Å². The molecule has 0 spiro atoms. The van der Waals surface area contributed by atoms with Gasteiger partial charge in [0, 0.05) is 31.5 Å². The molecule has 0 radical (unpaired) electrons. The van der Waals surface area contributed by atoms with E-state index in [0.717, 1.165) is 25.1 Å². The molecule has 0 saturated carbocycles. The molecule has 0 amide bonds. The van der Waals surface area contributed by atoms with Crippen molar-refractivity contribution in [2.24, 2.45) is 0 Å². The van der Waals surface area contributed by atoms with E-state index < -0.39 is 0 Å². The standard InChI is InChI=1S/C12H16N2O3/c1-17-9-12-3-2-8-13(12)10-4-6-11(7-5-10)14(15)16/h4-7,12H,2-3,8-9H2,1H3/t12-/m1/s1. The van der Waals surface area contributed by atoms with E-state index in [2.05, 4.69) is 4.90 Å². The highest BCUT2D eigenvalue weighted by Gasteiger charge is 2.24. The molecule has 0 aliphatic carbocycles. The number of hydrogen-bond donors (Lipinski definition) is 0. The van der Waals surface area contributed by atoms with E-state index in [4.69, 9.17) is 4.74 Å². The Balaban J connectivity index is 2.13. The van der Waals surface area contributed by atoms with E-state index in [0.29, 0.717) is 12.6 Å². The van der Waals surface area contributed by atoms with Gasteiger partial charge in [0.1, 0.15) is 0 Å². The lowest BCUT2D eigenvalue weighted by Gasteiger charge is -2.26. The molecule has 1 aromatic carbocycles. The Labute approximate surface area is 100 Å². The summed E-state index contributed by atoms with van der Waals surface area (Å²) in [5.74, 6) is 0. The Morgan fingerprint density at radius 2 is 2.18 bits per heavy atom. The Hall–Kier alpha value is -1.62. The number of methoxy groups -OCH3 is 1. The van der Waals surface area contributed by atoms with E-state index in [1.165, 1.54) is 0 Å². The van der Waals surface area contributed by atoms with Gasteiger partial charge >= 0.3 is 0 Å². The van der Waals surface area contributed by atoms with E-state index in [1.54, 1.807) is 19.2 Å². The second kappa shape index (κ2) is 5.14. The van der Waals surface area contributed by atoms with Gasteiger partial charge in [-0.05, 0) is 25.0 Å². The zero-order chi connectivity index (χ0) is 12.3. The molecule has 92 valence electrons. The number of ether oxygens (including phenoxy) is 1. The number of anilines is 1. The second-order valence-corrected chi connectivity index (χ2v) is 4.22. The van der Waals surface area contributed by atoms with E-state index >= 15 is 0 Å². The number of nitro groups is 1. The minimum absolute atomic E-state index is 0.135. The Morgan fingerprint density at radius 3 is 2.76 bits per heavy atom. The molecule has 1 saturated heterocycles. The van der Waals surface area contributed by atoms with Crippen LogP contribution in [0.4, 0.5) is 11.4 Å². The monoisotopic (exact) mass is 236 g/mol. The van der Waals surface area contributed by atoms with Crippen LogP contribution in [0.3, 0.4) is 0 Å². The molecule has 0 aromatic heterocycles. The minimum atomic E-state index is -0.375. The average molecular weight is 236 g/mol. The van der Waals surface area contributed by atoms with Crippen LogP contribution in [-0.4, -0.2) is 31.2 Å². The van der Waals surface area contributed by atoms with Gasteiger partial charge in [0.25, 0.3) is 5.69 Å². The molecule has 0 N–H and O–H groups in total. The van der Waals surface area contributed by atoms with Crippen molar-refractivity contribution in [3.8, 4) is 0 Å². The molecule has 1 atom stereocenters. The van der Waals surface area contributed by atoms with E-state index in [-0.39, 0.29) is 10.6 Å². The molecule has 17 heavy (non-hydrogen) atoms. The van der Waals surface area contributed by atoms with Crippen LogP contribution in [-0.2, 0) is 4.74 Å². The molecular formula is C12H16N2O3. The highest BCUT2D eigenvalue weighted by molar-refractivity contribution is 5.52. The fourth-order valence-electron chi connectivity index (χ4n) is 2.31. The largest absolute Gasteiger partial charge is 0.383 e. The summed E-state index contributed by atoms with van der Waals surface area (Å²) in [4.78, 5) is 12.5. The van der Waals surface area contributed by atoms with Crippen LogP contribution < -0.4 is 4.90 Å². The van der Waals surface area contributed by atoms with Crippen LogP contribution in [0.5, 0.6) is 0 Å². The molecule has 1 heterocycles. The summed E-state index contributed by atoms with van der Waals surface area (Å²) in [5.41, 5.74) is 1.17. The zero-order valence-electron chi connectivity index (χ0n) is 9.83. The summed E-state index contributed by atoms with van der Waals surface area (Å²) >= 11 is 0. The van der Waals surface area contributed by atoms with Gasteiger partial charge < -0.3 is 9.64 Å². The summed E-state index contributed by atoms with van der Waals surface area (Å²) < 4.78 is 5.19.